The third-order valence-corrected chi connectivity index (χ3v) is 3.31. The molecule has 0 aliphatic carbocycles. The molecule has 0 atom stereocenters. The van der Waals surface area contributed by atoms with Crippen molar-refractivity contribution in [3.05, 3.63) is 48.0 Å². The highest BCUT2D eigenvalue weighted by Crippen LogP contribution is 2.14. The van der Waals surface area contributed by atoms with Crippen molar-refractivity contribution in [1.82, 2.24) is 9.97 Å². The maximum absolute atomic E-state index is 13.5. The summed E-state index contributed by atoms with van der Waals surface area (Å²) in [5, 5.41) is 2.58. The number of ether oxygens (including phenoxy) is 1. The molecule has 1 N–H and O–H groups in total. The summed E-state index contributed by atoms with van der Waals surface area (Å²) in [5.41, 5.74) is 0.407. The number of nitrogens with zero attached hydrogens (tertiary/aromatic N) is 3. The van der Waals surface area contributed by atoms with E-state index in [1.807, 2.05) is 4.90 Å². The smallest absolute Gasteiger partial charge is 0.258 e. The average Bonchev–Trinajstić information content (AvgIpc) is 2.57. The first-order valence-corrected chi connectivity index (χ1v) is 6.94. The number of benzene rings is 1. The number of hydrogen-bond acceptors (Lipinski definition) is 5. The largest absolute Gasteiger partial charge is 0.378 e. The van der Waals surface area contributed by atoms with Crippen molar-refractivity contribution >= 4 is 17.5 Å². The van der Waals surface area contributed by atoms with E-state index in [1.54, 1.807) is 6.07 Å². The lowest BCUT2D eigenvalue weighted by molar-refractivity contribution is 0.102. The van der Waals surface area contributed by atoms with E-state index in [1.165, 1.54) is 30.6 Å². The van der Waals surface area contributed by atoms with Crippen LogP contribution in [0.3, 0.4) is 0 Å². The number of aromatic nitrogens is 2. The summed E-state index contributed by atoms with van der Waals surface area (Å²) in [4.78, 5) is 22.4. The molecule has 2 aromatic rings. The van der Waals surface area contributed by atoms with Crippen LogP contribution in [0.15, 0.2) is 36.7 Å². The van der Waals surface area contributed by atoms with Crippen LogP contribution in [-0.2, 0) is 4.74 Å². The van der Waals surface area contributed by atoms with Crippen molar-refractivity contribution in [3.8, 4) is 0 Å². The Kier molecular flexibility index (Phi) is 4.24. The summed E-state index contributed by atoms with van der Waals surface area (Å²) >= 11 is 0. The molecule has 0 radical (unpaired) electrons. The monoisotopic (exact) mass is 302 g/mol. The molecule has 0 bridgehead atoms. The lowest BCUT2D eigenvalue weighted by atomic mass is 10.2. The predicted octanol–water partition coefficient (Wildman–Crippen LogP) is 1.70. The molecular weight excluding hydrogens is 287 g/mol. The van der Waals surface area contributed by atoms with Crippen LogP contribution in [0.1, 0.15) is 10.4 Å². The molecule has 0 saturated carbocycles. The van der Waals surface area contributed by atoms with E-state index in [0.717, 1.165) is 13.1 Å². The molecule has 7 heteroatoms. The van der Waals surface area contributed by atoms with Gasteiger partial charge in [0.25, 0.3) is 5.91 Å². The minimum absolute atomic E-state index is 0.0141. The number of nitrogens with one attached hydrogen (secondary N) is 1. The fraction of sp³-hybridized carbons (Fsp3) is 0.267. The van der Waals surface area contributed by atoms with Crippen molar-refractivity contribution in [2.75, 3.05) is 36.5 Å². The van der Waals surface area contributed by atoms with E-state index < -0.39 is 11.7 Å². The molecule has 1 aromatic heterocycles. The second-order valence-corrected chi connectivity index (χ2v) is 4.81. The lowest BCUT2D eigenvalue weighted by Gasteiger charge is -2.26. The highest BCUT2D eigenvalue weighted by molar-refractivity contribution is 6.04. The number of amides is 1. The summed E-state index contributed by atoms with van der Waals surface area (Å²) in [5.74, 6) is -0.501. The second-order valence-electron chi connectivity index (χ2n) is 4.81. The lowest BCUT2D eigenvalue weighted by Crippen LogP contribution is -2.37. The van der Waals surface area contributed by atoms with Crippen molar-refractivity contribution in [3.63, 3.8) is 0 Å². The Balaban J connectivity index is 1.68. The van der Waals surface area contributed by atoms with E-state index >= 15 is 0 Å². The average molecular weight is 302 g/mol. The standard InChI is InChI=1S/C15H15FN4O2/c16-13-4-2-1-3-12(13)14(21)19-11-9-17-15(18-10-11)20-5-7-22-8-6-20/h1-4,9-10H,5-8H2,(H,19,21). The number of hydrogen-bond donors (Lipinski definition) is 1. The Labute approximate surface area is 126 Å². The summed E-state index contributed by atoms with van der Waals surface area (Å²) in [6, 6.07) is 5.81. The van der Waals surface area contributed by atoms with Crippen molar-refractivity contribution in [2.24, 2.45) is 0 Å². The second kappa shape index (κ2) is 6.48. The maximum atomic E-state index is 13.5. The van der Waals surface area contributed by atoms with Gasteiger partial charge in [-0.1, -0.05) is 12.1 Å². The van der Waals surface area contributed by atoms with Crippen LogP contribution in [0, 0.1) is 5.82 Å². The van der Waals surface area contributed by atoms with Gasteiger partial charge in [-0.2, -0.15) is 0 Å². The van der Waals surface area contributed by atoms with Crippen LogP contribution >= 0.6 is 0 Å². The van der Waals surface area contributed by atoms with Crippen LogP contribution in [-0.4, -0.2) is 42.2 Å². The van der Waals surface area contributed by atoms with E-state index in [-0.39, 0.29) is 5.56 Å². The molecule has 1 fully saturated rings. The van der Waals surface area contributed by atoms with Gasteiger partial charge in [0.1, 0.15) is 5.82 Å². The van der Waals surface area contributed by atoms with Crippen LogP contribution in [0.25, 0.3) is 0 Å². The Morgan fingerprint density at radius 1 is 1.18 bits per heavy atom. The summed E-state index contributed by atoms with van der Waals surface area (Å²) in [7, 11) is 0. The first kappa shape index (κ1) is 14.4. The van der Waals surface area contributed by atoms with Crippen LogP contribution in [0.5, 0.6) is 0 Å². The Bertz CT molecular complexity index is 657. The number of rotatable bonds is 3. The van der Waals surface area contributed by atoms with Crippen LogP contribution < -0.4 is 10.2 Å². The van der Waals surface area contributed by atoms with E-state index in [9.17, 15) is 9.18 Å². The molecule has 1 aromatic carbocycles. The summed E-state index contributed by atoms with van der Waals surface area (Å²) < 4.78 is 18.8. The fourth-order valence-corrected chi connectivity index (χ4v) is 2.16. The number of carbonyl (C=O) groups excluding carboxylic acids is 1. The first-order valence-electron chi connectivity index (χ1n) is 6.94. The summed E-state index contributed by atoms with van der Waals surface area (Å²) in [6.07, 6.45) is 3.02. The van der Waals surface area contributed by atoms with Crippen LogP contribution in [0.2, 0.25) is 0 Å². The van der Waals surface area contributed by atoms with Gasteiger partial charge in [0.05, 0.1) is 36.9 Å². The molecule has 6 nitrogen and oxygen atoms in total. The molecule has 114 valence electrons. The minimum atomic E-state index is -0.564. The zero-order valence-electron chi connectivity index (χ0n) is 11.8. The molecule has 1 saturated heterocycles. The quantitative estimate of drug-likeness (QED) is 0.935. The van der Waals surface area contributed by atoms with Gasteiger partial charge in [0, 0.05) is 13.1 Å². The molecule has 2 heterocycles. The fourth-order valence-electron chi connectivity index (χ4n) is 2.16. The number of anilines is 2. The molecule has 22 heavy (non-hydrogen) atoms. The Morgan fingerprint density at radius 2 is 1.86 bits per heavy atom. The normalized spacial score (nSPS) is 14.7. The zero-order chi connectivity index (χ0) is 15.4. The highest BCUT2D eigenvalue weighted by atomic mass is 19.1. The van der Waals surface area contributed by atoms with Gasteiger partial charge in [-0.05, 0) is 12.1 Å². The SMILES string of the molecule is O=C(Nc1cnc(N2CCOCC2)nc1)c1ccccc1F. The Hall–Kier alpha value is -2.54. The van der Waals surface area contributed by atoms with Gasteiger partial charge in [-0.25, -0.2) is 14.4 Å². The van der Waals surface area contributed by atoms with Gasteiger partial charge in [-0.3, -0.25) is 4.79 Å². The van der Waals surface area contributed by atoms with Gasteiger partial charge >= 0.3 is 0 Å². The van der Waals surface area contributed by atoms with E-state index in [2.05, 4.69) is 15.3 Å². The molecule has 1 aliphatic heterocycles. The first-order chi connectivity index (χ1) is 10.7. The van der Waals surface area contributed by atoms with Gasteiger partial charge in [-0.15, -0.1) is 0 Å². The van der Waals surface area contributed by atoms with Crippen molar-refractivity contribution in [2.45, 2.75) is 0 Å². The van der Waals surface area contributed by atoms with E-state index in [4.69, 9.17) is 4.74 Å². The molecular formula is C15H15FN4O2. The third-order valence-electron chi connectivity index (χ3n) is 3.31. The van der Waals surface area contributed by atoms with Gasteiger partial charge in [0.15, 0.2) is 0 Å². The molecule has 1 amide bonds. The molecule has 0 spiro atoms. The third kappa shape index (κ3) is 3.20. The van der Waals surface area contributed by atoms with Crippen molar-refractivity contribution in [1.29, 1.82) is 0 Å². The summed E-state index contributed by atoms with van der Waals surface area (Å²) in [6.45, 7) is 2.77. The number of carbonyl (C=O) groups is 1. The van der Waals surface area contributed by atoms with E-state index in [0.29, 0.717) is 24.8 Å². The molecule has 0 unspecified atom stereocenters. The van der Waals surface area contributed by atoms with Gasteiger partial charge in [0.2, 0.25) is 5.95 Å². The van der Waals surface area contributed by atoms with Crippen molar-refractivity contribution < 1.29 is 13.9 Å². The maximum Gasteiger partial charge on any atom is 0.258 e. The highest BCUT2D eigenvalue weighted by Gasteiger charge is 2.14. The van der Waals surface area contributed by atoms with Gasteiger partial charge < -0.3 is 15.0 Å². The molecule has 3 rings (SSSR count). The van der Waals surface area contributed by atoms with Crippen LogP contribution in [0.4, 0.5) is 16.0 Å². The topological polar surface area (TPSA) is 67.4 Å². The zero-order valence-corrected chi connectivity index (χ0v) is 11.8. The number of halogens is 1. The number of morpholine rings is 1. The Morgan fingerprint density at radius 3 is 2.55 bits per heavy atom. The minimum Gasteiger partial charge on any atom is -0.378 e. The predicted molar refractivity (Wildman–Crippen MR) is 79.4 cm³/mol. The molecule has 1 aliphatic rings.